The molecule has 1 aliphatic rings. The van der Waals surface area contributed by atoms with Crippen molar-refractivity contribution >= 4 is 5.91 Å². The van der Waals surface area contributed by atoms with Crippen molar-refractivity contribution in [3.8, 4) is 6.07 Å². The van der Waals surface area contributed by atoms with Crippen LogP contribution < -0.4 is 10.6 Å². The summed E-state index contributed by atoms with van der Waals surface area (Å²) in [6.45, 7) is 2.48. The number of hydrogen-bond donors (Lipinski definition) is 2. The van der Waals surface area contributed by atoms with Crippen LogP contribution >= 0.6 is 0 Å². The van der Waals surface area contributed by atoms with Gasteiger partial charge < -0.3 is 10.6 Å². The molecule has 27 heavy (non-hydrogen) atoms. The van der Waals surface area contributed by atoms with Crippen molar-refractivity contribution in [3.63, 3.8) is 0 Å². The molecule has 138 valence electrons. The van der Waals surface area contributed by atoms with Crippen LogP contribution in [0, 0.1) is 11.3 Å². The van der Waals surface area contributed by atoms with E-state index in [1.165, 1.54) is 30.2 Å². The first-order chi connectivity index (χ1) is 13.2. The Morgan fingerprint density at radius 3 is 2.70 bits per heavy atom. The van der Waals surface area contributed by atoms with Gasteiger partial charge >= 0.3 is 0 Å². The lowest BCUT2D eigenvalue weighted by Crippen LogP contribution is -2.28. The number of benzene rings is 1. The van der Waals surface area contributed by atoms with E-state index in [0.29, 0.717) is 6.54 Å². The molecule has 5 nitrogen and oxygen atoms in total. The van der Waals surface area contributed by atoms with E-state index in [-0.39, 0.29) is 17.5 Å². The number of hydrogen-bond acceptors (Lipinski definition) is 4. The molecule has 0 radical (unpaired) electrons. The molecule has 2 N–H and O–H groups in total. The van der Waals surface area contributed by atoms with Crippen LogP contribution in [0.2, 0.25) is 0 Å². The fourth-order valence-corrected chi connectivity index (χ4v) is 3.30. The number of nitriles is 1. The van der Waals surface area contributed by atoms with Crippen molar-refractivity contribution in [3.05, 3.63) is 76.8 Å². The van der Waals surface area contributed by atoms with Crippen LogP contribution in [-0.4, -0.2) is 10.9 Å². The van der Waals surface area contributed by atoms with Gasteiger partial charge in [-0.2, -0.15) is 5.26 Å². The zero-order chi connectivity index (χ0) is 19.1. The third-order valence-corrected chi connectivity index (χ3v) is 4.89. The molecule has 0 bridgehead atoms. The Labute approximate surface area is 160 Å². The lowest BCUT2D eigenvalue weighted by molar-refractivity contribution is -0.117. The highest BCUT2D eigenvalue weighted by atomic mass is 16.1. The number of pyridine rings is 1. The molecule has 1 amide bonds. The Kier molecular flexibility index (Phi) is 6.22. The molecule has 0 fully saturated rings. The number of aromatic nitrogens is 1. The number of nitrogens with zero attached hydrogens (tertiary/aromatic N) is 2. The summed E-state index contributed by atoms with van der Waals surface area (Å²) in [5, 5.41) is 15.2. The second kappa shape index (κ2) is 9.00. The van der Waals surface area contributed by atoms with Crippen molar-refractivity contribution in [2.24, 2.45) is 0 Å². The first-order valence-electron chi connectivity index (χ1n) is 9.32. The van der Waals surface area contributed by atoms with Crippen LogP contribution in [0.5, 0.6) is 0 Å². The summed E-state index contributed by atoms with van der Waals surface area (Å²) < 4.78 is 0. The monoisotopic (exact) mass is 360 g/mol. The molecule has 0 spiro atoms. The number of aryl methyl sites for hydroxylation is 2. The molecule has 1 unspecified atom stereocenters. The third kappa shape index (κ3) is 4.95. The topological polar surface area (TPSA) is 77.8 Å². The molecule has 1 atom stereocenters. The van der Waals surface area contributed by atoms with Gasteiger partial charge in [0.1, 0.15) is 11.6 Å². The van der Waals surface area contributed by atoms with E-state index in [0.717, 1.165) is 24.0 Å². The van der Waals surface area contributed by atoms with E-state index in [1.807, 2.05) is 25.1 Å². The number of carbonyl (C=O) groups is 1. The molecular weight excluding hydrogens is 336 g/mol. The minimum Gasteiger partial charge on any atom is -0.386 e. The van der Waals surface area contributed by atoms with Gasteiger partial charge in [0, 0.05) is 25.1 Å². The largest absolute Gasteiger partial charge is 0.386 e. The van der Waals surface area contributed by atoms with Gasteiger partial charge in [0.25, 0.3) is 5.91 Å². The van der Waals surface area contributed by atoms with Gasteiger partial charge in [0.2, 0.25) is 0 Å². The van der Waals surface area contributed by atoms with Crippen LogP contribution in [0.25, 0.3) is 0 Å². The predicted molar refractivity (Wildman–Crippen MR) is 104 cm³/mol. The van der Waals surface area contributed by atoms with Gasteiger partial charge in [-0.15, -0.1) is 0 Å². The first kappa shape index (κ1) is 18.7. The Bertz CT molecular complexity index is 868. The minimum absolute atomic E-state index is 0.0638. The molecular formula is C22H24N4O. The van der Waals surface area contributed by atoms with E-state index >= 15 is 0 Å². The number of nitrogens with one attached hydrogen (secondary N) is 2. The maximum Gasteiger partial charge on any atom is 0.263 e. The van der Waals surface area contributed by atoms with Crippen molar-refractivity contribution in [2.45, 2.75) is 45.2 Å². The zero-order valence-electron chi connectivity index (χ0n) is 15.5. The molecule has 1 aliphatic carbocycles. The summed E-state index contributed by atoms with van der Waals surface area (Å²) in [5.74, 6) is -0.370. The van der Waals surface area contributed by atoms with Crippen LogP contribution in [-0.2, 0) is 24.2 Å². The number of fused-ring (bicyclic) bond motifs is 1. The molecule has 1 aromatic carbocycles. The van der Waals surface area contributed by atoms with E-state index < -0.39 is 0 Å². The summed E-state index contributed by atoms with van der Waals surface area (Å²) in [6.07, 6.45) is 9.60. The summed E-state index contributed by atoms with van der Waals surface area (Å²) in [6, 6.07) is 12.0. The standard InChI is InChI=1S/C22H24N4O/c1-16(19-7-6-18-4-2-3-5-20(18)12-19)26-22(27)21(13-23)15-25-14-17-8-10-24-11-9-17/h6-12,15-16,25H,2-5,14H2,1H3,(H,26,27)/b21-15-. The van der Waals surface area contributed by atoms with Gasteiger partial charge in [-0.1, -0.05) is 18.2 Å². The quantitative estimate of drug-likeness (QED) is 0.612. The van der Waals surface area contributed by atoms with Crippen LogP contribution in [0.15, 0.2) is 54.5 Å². The fraction of sp³-hybridized carbons (Fsp3) is 0.318. The average Bonchev–Trinajstić information content (AvgIpc) is 2.71. The highest BCUT2D eigenvalue weighted by Crippen LogP contribution is 2.24. The number of carbonyl (C=O) groups excluding carboxylic acids is 1. The Balaban J connectivity index is 1.60. The van der Waals surface area contributed by atoms with Gasteiger partial charge in [-0.25, -0.2) is 0 Å². The van der Waals surface area contributed by atoms with E-state index in [1.54, 1.807) is 12.4 Å². The highest BCUT2D eigenvalue weighted by molar-refractivity contribution is 5.97. The lowest BCUT2D eigenvalue weighted by atomic mass is 9.89. The lowest BCUT2D eigenvalue weighted by Gasteiger charge is -2.20. The summed E-state index contributed by atoms with van der Waals surface area (Å²) in [7, 11) is 0. The summed E-state index contributed by atoms with van der Waals surface area (Å²) in [4.78, 5) is 16.4. The van der Waals surface area contributed by atoms with Gasteiger partial charge in [0.15, 0.2) is 0 Å². The molecule has 0 saturated heterocycles. The smallest absolute Gasteiger partial charge is 0.263 e. The molecule has 5 heteroatoms. The molecule has 1 aromatic heterocycles. The van der Waals surface area contributed by atoms with E-state index in [2.05, 4.69) is 33.8 Å². The van der Waals surface area contributed by atoms with Crippen molar-refractivity contribution in [1.82, 2.24) is 15.6 Å². The Hall–Kier alpha value is -3.13. The van der Waals surface area contributed by atoms with Gasteiger partial charge in [0.05, 0.1) is 6.04 Å². The SMILES string of the molecule is CC(NC(=O)/C(C#N)=C\NCc1ccncc1)c1ccc2c(c1)CCCC2. The number of amides is 1. The zero-order valence-corrected chi connectivity index (χ0v) is 15.5. The molecule has 1 heterocycles. The predicted octanol–water partition coefficient (Wildman–Crippen LogP) is 3.33. The van der Waals surface area contributed by atoms with Crippen LogP contribution in [0.4, 0.5) is 0 Å². The molecule has 0 saturated carbocycles. The van der Waals surface area contributed by atoms with E-state index in [9.17, 15) is 10.1 Å². The summed E-state index contributed by atoms with van der Waals surface area (Å²) in [5.41, 5.74) is 4.97. The molecule has 2 aromatic rings. The summed E-state index contributed by atoms with van der Waals surface area (Å²) >= 11 is 0. The van der Waals surface area contributed by atoms with Crippen LogP contribution in [0.1, 0.15) is 48.1 Å². The minimum atomic E-state index is -0.370. The second-order valence-electron chi connectivity index (χ2n) is 6.84. The Morgan fingerprint density at radius 1 is 1.22 bits per heavy atom. The average molecular weight is 360 g/mol. The normalized spacial score (nSPS) is 14.6. The van der Waals surface area contributed by atoms with E-state index in [4.69, 9.17) is 0 Å². The van der Waals surface area contributed by atoms with Crippen LogP contribution in [0.3, 0.4) is 0 Å². The maximum absolute atomic E-state index is 12.4. The Morgan fingerprint density at radius 2 is 1.96 bits per heavy atom. The van der Waals surface area contributed by atoms with Crippen molar-refractivity contribution < 1.29 is 4.79 Å². The third-order valence-electron chi connectivity index (χ3n) is 4.89. The van der Waals surface area contributed by atoms with Crippen molar-refractivity contribution in [1.29, 1.82) is 5.26 Å². The van der Waals surface area contributed by atoms with Gasteiger partial charge in [-0.3, -0.25) is 9.78 Å². The molecule has 3 rings (SSSR count). The second-order valence-corrected chi connectivity index (χ2v) is 6.84. The highest BCUT2D eigenvalue weighted by Gasteiger charge is 2.16. The fourth-order valence-electron chi connectivity index (χ4n) is 3.30. The number of rotatable bonds is 6. The molecule has 0 aliphatic heterocycles. The first-order valence-corrected chi connectivity index (χ1v) is 9.32. The maximum atomic E-state index is 12.4. The van der Waals surface area contributed by atoms with Gasteiger partial charge in [-0.05, 0) is 67.0 Å². The van der Waals surface area contributed by atoms with Crippen molar-refractivity contribution in [2.75, 3.05) is 0 Å².